The smallest absolute Gasteiger partial charge is 0.296 e. The molecular weight excluding hydrogens is 397 g/mol. The van der Waals surface area contributed by atoms with Gasteiger partial charge in [-0.2, -0.15) is 61.5 Å². The zero-order valence-corrected chi connectivity index (χ0v) is 10.2. The van der Waals surface area contributed by atoms with Crippen LogP contribution in [0.3, 0.4) is 0 Å². The third-order valence-electron chi connectivity index (χ3n) is 2.87. The summed E-state index contributed by atoms with van der Waals surface area (Å²) in [5, 5.41) is 0. The second-order valence-corrected chi connectivity index (χ2v) is 4.45. The van der Waals surface area contributed by atoms with Crippen molar-refractivity contribution >= 4 is 0 Å². The Bertz CT molecular complexity index is 506. The van der Waals surface area contributed by atoms with Crippen molar-refractivity contribution in [1.82, 2.24) is 0 Å². The lowest BCUT2D eigenvalue weighted by Crippen LogP contribution is -2.71. The first-order valence-electron chi connectivity index (χ1n) is 5.09. The summed E-state index contributed by atoms with van der Waals surface area (Å²) >= 11 is 0. The summed E-state index contributed by atoms with van der Waals surface area (Å²) in [6.07, 6.45) is -11.6. The molecule has 1 nitrogen and oxygen atoms in total. The van der Waals surface area contributed by atoms with Gasteiger partial charge in [0.25, 0.3) is 6.36 Å². The first-order valence-corrected chi connectivity index (χ1v) is 5.09. The van der Waals surface area contributed by atoms with Crippen LogP contribution in [0.1, 0.15) is 0 Å². The van der Waals surface area contributed by atoms with Crippen LogP contribution in [0.15, 0.2) is 0 Å². The van der Waals surface area contributed by atoms with Crippen molar-refractivity contribution in [3.63, 3.8) is 0 Å². The van der Waals surface area contributed by atoms with Crippen LogP contribution in [0.2, 0.25) is 0 Å². The predicted octanol–water partition coefficient (Wildman–Crippen LogP) is 4.72. The lowest BCUT2D eigenvalue weighted by atomic mass is 9.92. The van der Waals surface area contributed by atoms with E-state index >= 15 is 0 Å². The molecular formula is C8HF15O. The summed E-state index contributed by atoms with van der Waals surface area (Å²) < 4.78 is 190. The van der Waals surface area contributed by atoms with Gasteiger partial charge in [0.1, 0.15) is 0 Å². The van der Waals surface area contributed by atoms with Crippen molar-refractivity contribution in [2.75, 3.05) is 0 Å². The van der Waals surface area contributed by atoms with Gasteiger partial charge in [-0.1, -0.05) is 0 Å². The van der Waals surface area contributed by atoms with E-state index in [1.807, 2.05) is 0 Å². The lowest BCUT2D eigenvalue weighted by molar-refractivity contribution is -0.446. The van der Waals surface area contributed by atoms with E-state index in [2.05, 4.69) is 4.74 Å². The maximum atomic E-state index is 12.9. The predicted molar refractivity (Wildman–Crippen MR) is 40.6 cm³/mol. The van der Waals surface area contributed by atoms with E-state index in [4.69, 9.17) is 0 Å². The highest BCUT2D eigenvalue weighted by molar-refractivity contribution is 5.16. The summed E-state index contributed by atoms with van der Waals surface area (Å²) in [5.74, 6) is -45.0. The van der Waals surface area contributed by atoms with Gasteiger partial charge in [0.15, 0.2) is 0 Å². The van der Waals surface area contributed by atoms with Gasteiger partial charge in [0, 0.05) is 0 Å². The number of epoxide rings is 1. The normalized spacial score (nSPS) is 27.4. The molecule has 144 valence electrons. The van der Waals surface area contributed by atoms with Crippen molar-refractivity contribution in [1.29, 1.82) is 0 Å². The van der Waals surface area contributed by atoms with Crippen molar-refractivity contribution < 1.29 is 70.6 Å². The summed E-state index contributed by atoms with van der Waals surface area (Å²) in [5.41, 5.74) is 0. The summed E-state index contributed by atoms with van der Waals surface area (Å²) in [6, 6.07) is 0. The molecule has 0 spiro atoms. The highest BCUT2D eigenvalue weighted by Gasteiger charge is 2.96. The molecule has 0 amide bonds. The number of alkyl halides is 15. The van der Waals surface area contributed by atoms with Crippen molar-refractivity contribution in [2.45, 2.75) is 48.0 Å². The number of rotatable bonds is 5. The minimum Gasteiger partial charge on any atom is -0.296 e. The summed E-state index contributed by atoms with van der Waals surface area (Å²) in [6.45, 7) is 0. The van der Waals surface area contributed by atoms with Gasteiger partial charge in [-0.05, 0) is 0 Å². The topological polar surface area (TPSA) is 12.5 Å². The Labute approximate surface area is 120 Å². The van der Waals surface area contributed by atoms with Gasteiger partial charge < -0.3 is 0 Å². The van der Waals surface area contributed by atoms with Crippen LogP contribution in [-0.2, 0) is 4.74 Å². The van der Waals surface area contributed by atoms with Gasteiger partial charge in [0.2, 0.25) is 0 Å². The molecule has 1 aliphatic rings. The van der Waals surface area contributed by atoms with Crippen LogP contribution in [0.5, 0.6) is 0 Å². The molecule has 24 heavy (non-hydrogen) atoms. The van der Waals surface area contributed by atoms with Crippen LogP contribution in [0.4, 0.5) is 65.9 Å². The first-order chi connectivity index (χ1) is 10.1. The molecule has 1 rings (SSSR count). The molecule has 0 aromatic carbocycles. The Morgan fingerprint density at radius 3 is 1.12 bits per heavy atom. The monoisotopic (exact) mass is 398 g/mol. The standard InChI is InChI=1S/C8HF15O/c9-1-2(10,24-1)3(11,12)4(13,14)5(15,16)6(17,18)7(19,20)8(21,22)23/h1H. The van der Waals surface area contributed by atoms with E-state index in [1.54, 1.807) is 0 Å². The van der Waals surface area contributed by atoms with Crippen LogP contribution < -0.4 is 0 Å². The first kappa shape index (κ1) is 21.0. The summed E-state index contributed by atoms with van der Waals surface area (Å²) in [4.78, 5) is 0. The van der Waals surface area contributed by atoms with Gasteiger partial charge >= 0.3 is 41.6 Å². The van der Waals surface area contributed by atoms with Crippen molar-refractivity contribution in [2.24, 2.45) is 0 Å². The third-order valence-corrected chi connectivity index (χ3v) is 2.87. The number of hydrogen-bond acceptors (Lipinski definition) is 1. The molecule has 0 saturated carbocycles. The maximum absolute atomic E-state index is 12.9. The zero-order chi connectivity index (χ0) is 19.8. The van der Waals surface area contributed by atoms with E-state index in [0.29, 0.717) is 0 Å². The highest BCUT2D eigenvalue weighted by atomic mass is 19.4. The van der Waals surface area contributed by atoms with E-state index in [9.17, 15) is 65.9 Å². The number of halogens is 15. The van der Waals surface area contributed by atoms with Crippen molar-refractivity contribution in [3.05, 3.63) is 0 Å². The Hall–Kier alpha value is -1.09. The average molecular weight is 398 g/mol. The van der Waals surface area contributed by atoms with Gasteiger partial charge in [0.05, 0.1) is 0 Å². The van der Waals surface area contributed by atoms with Crippen LogP contribution in [0.25, 0.3) is 0 Å². The fourth-order valence-electron chi connectivity index (χ4n) is 1.32. The molecule has 16 heteroatoms. The minimum atomic E-state index is -8.17. The van der Waals surface area contributed by atoms with Gasteiger partial charge in [-0.25, -0.2) is 4.39 Å². The fourth-order valence-corrected chi connectivity index (χ4v) is 1.32. The SMILES string of the molecule is FC1OC1(F)C(F)(F)C(F)(F)C(F)(F)C(F)(F)C(F)(F)C(F)(F)F. The van der Waals surface area contributed by atoms with E-state index in [1.165, 1.54) is 0 Å². The Balaban J connectivity index is 3.46. The maximum Gasteiger partial charge on any atom is 0.460 e. The molecule has 1 fully saturated rings. The second kappa shape index (κ2) is 4.75. The highest BCUT2D eigenvalue weighted by Crippen LogP contribution is 2.65. The summed E-state index contributed by atoms with van der Waals surface area (Å²) in [7, 11) is 0. The largest absolute Gasteiger partial charge is 0.460 e. The molecule has 1 heterocycles. The molecule has 2 atom stereocenters. The molecule has 0 aliphatic carbocycles. The Morgan fingerprint density at radius 2 is 0.875 bits per heavy atom. The van der Waals surface area contributed by atoms with Crippen LogP contribution in [-0.4, -0.2) is 48.0 Å². The van der Waals surface area contributed by atoms with Crippen LogP contribution >= 0.6 is 0 Å². The van der Waals surface area contributed by atoms with Gasteiger partial charge in [-0.15, -0.1) is 0 Å². The zero-order valence-electron chi connectivity index (χ0n) is 10.2. The fraction of sp³-hybridized carbons (Fsp3) is 1.00. The van der Waals surface area contributed by atoms with Gasteiger partial charge in [-0.3, -0.25) is 4.74 Å². The van der Waals surface area contributed by atoms with Crippen molar-refractivity contribution in [3.8, 4) is 0 Å². The molecule has 0 bridgehead atoms. The number of hydrogen-bond donors (Lipinski definition) is 0. The quantitative estimate of drug-likeness (QED) is 0.483. The third kappa shape index (κ3) is 2.16. The Morgan fingerprint density at radius 1 is 0.583 bits per heavy atom. The molecule has 0 aromatic rings. The molecule has 0 radical (unpaired) electrons. The van der Waals surface area contributed by atoms with E-state index in [0.717, 1.165) is 0 Å². The Kier molecular flexibility index (Phi) is 4.15. The average Bonchev–Trinajstić information content (AvgIpc) is 2.96. The minimum absolute atomic E-state index is 2.56. The molecule has 0 aromatic heterocycles. The van der Waals surface area contributed by atoms with Crippen LogP contribution in [0, 0.1) is 0 Å². The van der Waals surface area contributed by atoms with E-state index in [-0.39, 0.29) is 0 Å². The second-order valence-electron chi connectivity index (χ2n) is 4.45. The number of ether oxygens (including phenoxy) is 1. The molecule has 1 aliphatic heterocycles. The molecule has 0 N–H and O–H groups in total. The lowest BCUT2D eigenvalue weighted by Gasteiger charge is -2.39. The van der Waals surface area contributed by atoms with E-state index < -0.39 is 48.0 Å². The molecule has 2 unspecified atom stereocenters. The molecule has 1 saturated heterocycles.